The third-order valence-electron chi connectivity index (χ3n) is 5.17. The summed E-state index contributed by atoms with van der Waals surface area (Å²) in [6.07, 6.45) is 4.45. The Balaban J connectivity index is 1.31. The number of benzene rings is 1. The summed E-state index contributed by atoms with van der Waals surface area (Å²) in [5.41, 5.74) is 2.13. The fraction of sp³-hybridized carbons (Fsp3) is 0.125. The topological polar surface area (TPSA) is 105 Å². The third kappa shape index (κ3) is 4.57. The molecule has 0 aliphatic carbocycles. The van der Waals surface area contributed by atoms with Gasteiger partial charge in [0.15, 0.2) is 5.82 Å². The fourth-order valence-electron chi connectivity index (χ4n) is 3.48. The van der Waals surface area contributed by atoms with Crippen LogP contribution < -0.4 is 20.3 Å². The molecular formula is C24H21N7O2. The van der Waals surface area contributed by atoms with E-state index < -0.39 is 0 Å². The number of rotatable bonds is 7. The highest BCUT2D eigenvalue weighted by atomic mass is 16.5. The molecule has 0 saturated carbocycles. The standard InChI is InChI=1S/C24H21N7O2/c1-2-21(32)28-17-13-31(14-17)20-10-9-19-23(30-20)24(27-15-26-19)29-16-8-11-22(25-12-16)33-18-6-4-3-5-7-18/h2-12,15,17H,1,13-14H2,(H,28,32)(H,26,27,29). The van der Waals surface area contributed by atoms with Crippen LogP contribution in [0.1, 0.15) is 0 Å². The molecule has 3 aromatic heterocycles. The Labute approximate surface area is 190 Å². The number of ether oxygens (including phenoxy) is 1. The van der Waals surface area contributed by atoms with Gasteiger partial charge in [0.25, 0.3) is 0 Å². The van der Waals surface area contributed by atoms with Crippen molar-refractivity contribution in [2.24, 2.45) is 0 Å². The van der Waals surface area contributed by atoms with E-state index in [9.17, 15) is 4.79 Å². The highest BCUT2D eigenvalue weighted by Gasteiger charge is 2.28. The molecule has 0 spiro atoms. The molecule has 4 aromatic rings. The van der Waals surface area contributed by atoms with Crippen molar-refractivity contribution in [1.29, 1.82) is 0 Å². The number of carbonyl (C=O) groups excluding carboxylic acids is 1. The molecule has 2 N–H and O–H groups in total. The largest absolute Gasteiger partial charge is 0.439 e. The van der Waals surface area contributed by atoms with E-state index in [4.69, 9.17) is 9.72 Å². The Morgan fingerprint density at radius 1 is 1.06 bits per heavy atom. The summed E-state index contributed by atoms with van der Waals surface area (Å²) in [4.78, 5) is 31.4. The van der Waals surface area contributed by atoms with E-state index in [1.165, 1.54) is 12.4 Å². The lowest BCUT2D eigenvalue weighted by Crippen LogP contribution is -2.59. The number of nitrogens with one attached hydrogen (secondary N) is 2. The van der Waals surface area contributed by atoms with Gasteiger partial charge in [-0.2, -0.15) is 0 Å². The lowest BCUT2D eigenvalue weighted by molar-refractivity contribution is -0.117. The molecule has 0 radical (unpaired) electrons. The van der Waals surface area contributed by atoms with Gasteiger partial charge in [-0.15, -0.1) is 0 Å². The maximum atomic E-state index is 11.5. The highest BCUT2D eigenvalue weighted by molar-refractivity contribution is 5.88. The van der Waals surface area contributed by atoms with Crippen LogP contribution >= 0.6 is 0 Å². The fourth-order valence-corrected chi connectivity index (χ4v) is 3.48. The summed E-state index contributed by atoms with van der Waals surface area (Å²) in [5, 5.41) is 6.15. The van der Waals surface area contributed by atoms with Crippen LogP contribution in [0.4, 0.5) is 17.3 Å². The van der Waals surface area contributed by atoms with Crippen molar-refractivity contribution < 1.29 is 9.53 Å². The SMILES string of the molecule is C=CC(=O)NC1CN(c2ccc3ncnc(Nc4ccc(Oc5ccccc5)nc4)c3n2)C1. The van der Waals surface area contributed by atoms with E-state index in [1.54, 1.807) is 12.3 Å². The Morgan fingerprint density at radius 3 is 2.67 bits per heavy atom. The van der Waals surface area contributed by atoms with Crippen molar-refractivity contribution in [3.8, 4) is 11.6 Å². The first-order valence-corrected chi connectivity index (χ1v) is 10.4. The molecule has 1 aromatic carbocycles. The van der Waals surface area contributed by atoms with Crippen molar-refractivity contribution in [3.63, 3.8) is 0 Å². The van der Waals surface area contributed by atoms with Gasteiger partial charge in [-0.05, 0) is 36.4 Å². The van der Waals surface area contributed by atoms with Crippen LogP contribution in [0.25, 0.3) is 11.0 Å². The molecule has 1 amide bonds. The summed E-state index contributed by atoms with van der Waals surface area (Å²) >= 11 is 0. The van der Waals surface area contributed by atoms with E-state index in [-0.39, 0.29) is 11.9 Å². The lowest BCUT2D eigenvalue weighted by atomic mass is 10.1. The summed E-state index contributed by atoms with van der Waals surface area (Å²) in [6, 6.07) is 17.1. The third-order valence-corrected chi connectivity index (χ3v) is 5.17. The molecule has 0 atom stereocenters. The van der Waals surface area contributed by atoms with Gasteiger partial charge in [-0.3, -0.25) is 4.79 Å². The molecule has 1 saturated heterocycles. The zero-order chi connectivity index (χ0) is 22.6. The molecule has 1 aliphatic heterocycles. The number of hydrogen-bond donors (Lipinski definition) is 2. The number of carbonyl (C=O) groups is 1. The first-order chi connectivity index (χ1) is 16.2. The second-order valence-corrected chi connectivity index (χ2v) is 7.50. The average Bonchev–Trinajstić information content (AvgIpc) is 2.83. The minimum atomic E-state index is -0.167. The number of aromatic nitrogens is 4. The van der Waals surface area contributed by atoms with Crippen molar-refractivity contribution in [2.45, 2.75) is 6.04 Å². The normalized spacial score (nSPS) is 13.3. The highest BCUT2D eigenvalue weighted by Crippen LogP contribution is 2.27. The minimum absolute atomic E-state index is 0.0836. The van der Waals surface area contributed by atoms with Gasteiger partial charge in [0.2, 0.25) is 11.8 Å². The Bertz CT molecular complexity index is 1290. The molecule has 9 heteroatoms. The number of anilines is 3. The van der Waals surface area contributed by atoms with E-state index in [1.807, 2.05) is 48.5 Å². The molecule has 5 rings (SSSR count). The van der Waals surface area contributed by atoms with Crippen LogP contribution in [-0.4, -0.2) is 45.0 Å². The Morgan fingerprint density at radius 2 is 1.91 bits per heavy atom. The first kappa shape index (κ1) is 20.4. The van der Waals surface area contributed by atoms with Gasteiger partial charge in [0.1, 0.15) is 23.4 Å². The zero-order valence-corrected chi connectivity index (χ0v) is 17.7. The van der Waals surface area contributed by atoms with Gasteiger partial charge < -0.3 is 20.3 Å². The molecule has 164 valence electrons. The molecule has 0 unspecified atom stereocenters. The predicted octanol–water partition coefficient (Wildman–Crippen LogP) is 3.45. The predicted molar refractivity (Wildman–Crippen MR) is 126 cm³/mol. The van der Waals surface area contributed by atoms with Gasteiger partial charge in [-0.1, -0.05) is 24.8 Å². The van der Waals surface area contributed by atoms with Crippen molar-refractivity contribution in [2.75, 3.05) is 23.3 Å². The number of para-hydroxylation sites is 1. The lowest BCUT2D eigenvalue weighted by Gasteiger charge is -2.40. The summed E-state index contributed by atoms with van der Waals surface area (Å²) in [6.45, 7) is 4.84. The maximum Gasteiger partial charge on any atom is 0.243 e. The second-order valence-electron chi connectivity index (χ2n) is 7.50. The smallest absolute Gasteiger partial charge is 0.243 e. The molecule has 4 heterocycles. The summed E-state index contributed by atoms with van der Waals surface area (Å²) < 4.78 is 5.74. The first-order valence-electron chi connectivity index (χ1n) is 10.4. The van der Waals surface area contributed by atoms with Crippen LogP contribution in [0.15, 0.2) is 79.8 Å². The van der Waals surface area contributed by atoms with Crippen LogP contribution in [0.5, 0.6) is 11.6 Å². The molecule has 1 aliphatic rings. The monoisotopic (exact) mass is 439 g/mol. The van der Waals surface area contributed by atoms with Gasteiger partial charge in [0.05, 0.1) is 23.4 Å². The van der Waals surface area contributed by atoms with E-state index in [0.29, 0.717) is 30.3 Å². The molecule has 0 bridgehead atoms. The van der Waals surface area contributed by atoms with E-state index >= 15 is 0 Å². The van der Waals surface area contributed by atoms with Crippen molar-refractivity contribution >= 4 is 34.3 Å². The second kappa shape index (κ2) is 8.91. The number of pyridine rings is 2. The maximum absolute atomic E-state index is 11.5. The van der Waals surface area contributed by atoms with Gasteiger partial charge >= 0.3 is 0 Å². The van der Waals surface area contributed by atoms with Crippen LogP contribution in [-0.2, 0) is 4.79 Å². The summed E-state index contributed by atoms with van der Waals surface area (Å²) in [7, 11) is 0. The summed E-state index contributed by atoms with van der Waals surface area (Å²) in [5.74, 6) is 2.43. The average molecular weight is 439 g/mol. The molecule has 33 heavy (non-hydrogen) atoms. The Kier molecular flexibility index (Phi) is 5.50. The number of nitrogens with zero attached hydrogens (tertiary/aromatic N) is 5. The number of hydrogen-bond acceptors (Lipinski definition) is 8. The van der Waals surface area contributed by atoms with Crippen LogP contribution in [0.2, 0.25) is 0 Å². The van der Waals surface area contributed by atoms with E-state index in [0.717, 1.165) is 22.8 Å². The van der Waals surface area contributed by atoms with Crippen molar-refractivity contribution in [3.05, 3.63) is 79.8 Å². The van der Waals surface area contributed by atoms with E-state index in [2.05, 4.69) is 37.1 Å². The minimum Gasteiger partial charge on any atom is -0.439 e. The van der Waals surface area contributed by atoms with Crippen LogP contribution in [0, 0.1) is 0 Å². The molecule has 1 fully saturated rings. The van der Waals surface area contributed by atoms with Gasteiger partial charge in [-0.25, -0.2) is 19.9 Å². The quantitative estimate of drug-likeness (QED) is 0.422. The van der Waals surface area contributed by atoms with Crippen LogP contribution in [0.3, 0.4) is 0 Å². The molecular weight excluding hydrogens is 418 g/mol. The number of fused-ring (bicyclic) bond motifs is 1. The zero-order valence-electron chi connectivity index (χ0n) is 17.7. The molecule has 9 nitrogen and oxygen atoms in total. The number of amides is 1. The van der Waals surface area contributed by atoms with Gasteiger partial charge in [0, 0.05) is 19.2 Å². The van der Waals surface area contributed by atoms with Crippen molar-refractivity contribution in [1.82, 2.24) is 25.3 Å². The Hall–Kier alpha value is -4.53.